The quantitative estimate of drug-likeness (QED) is 0.876. The van der Waals surface area contributed by atoms with Gasteiger partial charge in [0.15, 0.2) is 5.82 Å². The van der Waals surface area contributed by atoms with Crippen LogP contribution in [0.3, 0.4) is 0 Å². The minimum atomic E-state index is -3.97. The molecule has 0 heterocycles. The van der Waals surface area contributed by atoms with Crippen LogP contribution < -0.4 is 10.0 Å². The first-order valence-corrected chi connectivity index (χ1v) is 8.58. The van der Waals surface area contributed by atoms with Crippen LogP contribution in [0.2, 0.25) is 0 Å². The molecule has 7 heteroatoms. The molecule has 0 saturated heterocycles. The monoisotopic (exact) mass is 318 g/mol. The van der Waals surface area contributed by atoms with Crippen LogP contribution in [0.5, 0.6) is 0 Å². The Morgan fingerprint density at radius 1 is 1.19 bits per heavy atom. The Bertz CT molecular complexity index is 599. The lowest BCUT2D eigenvalue weighted by atomic mass is 9.96. The number of halogens is 2. The van der Waals surface area contributed by atoms with Gasteiger partial charge in [-0.3, -0.25) is 0 Å². The van der Waals surface area contributed by atoms with Crippen LogP contribution in [0.15, 0.2) is 17.0 Å². The summed E-state index contributed by atoms with van der Waals surface area (Å²) in [5.74, 6) is -1.77. The molecule has 2 rings (SSSR count). The molecule has 118 valence electrons. The summed E-state index contributed by atoms with van der Waals surface area (Å²) in [5.41, 5.74) is -0.260. The molecule has 1 aliphatic carbocycles. The van der Waals surface area contributed by atoms with E-state index in [1.807, 2.05) is 0 Å². The van der Waals surface area contributed by atoms with Gasteiger partial charge in [-0.15, -0.1) is 0 Å². The first kappa shape index (κ1) is 16.3. The fraction of sp³-hybridized carbons (Fsp3) is 0.571. The minimum absolute atomic E-state index is 0.0650. The van der Waals surface area contributed by atoms with Crippen LogP contribution in [-0.2, 0) is 16.6 Å². The second-order valence-electron chi connectivity index (χ2n) is 5.32. The Morgan fingerprint density at radius 2 is 1.86 bits per heavy atom. The maximum atomic E-state index is 14.3. The van der Waals surface area contributed by atoms with E-state index in [0.29, 0.717) is 0 Å². The Kier molecular flexibility index (Phi) is 5.29. The summed E-state index contributed by atoms with van der Waals surface area (Å²) in [6.07, 6.45) is 4.53. The molecule has 21 heavy (non-hydrogen) atoms. The molecule has 1 aromatic rings. The van der Waals surface area contributed by atoms with Gasteiger partial charge in [0, 0.05) is 18.2 Å². The number of hydrogen-bond acceptors (Lipinski definition) is 3. The molecule has 2 N–H and O–H groups in total. The van der Waals surface area contributed by atoms with Crippen molar-refractivity contribution in [3.05, 3.63) is 29.3 Å². The van der Waals surface area contributed by atoms with Crippen LogP contribution in [0.25, 0.3) is 0 Å². The van der Waals surface area contributed by atoms with E-state index in [-0.39, 0.29) is 18.2 Å². The highest BCUT2D eigenvalue weighted by Crippen LogP contribution is 2.24. The van der Waals surface area contributed by atoms with E-state index in [4.69, 9.17) is 0 Å². The van der Waals surface area contributed by atoms with E-state index in [9.17, 15) is 17.2 Å². The van der Waals surface area contributed by atoms with Crippen LogP contribution in [-0.4, -0.2) is 21.5 Å². The number of hydrogen-bond donors (Lipinski definition) is 2. The van der Waals surface area contributed by atoms with Gasteiger partial charge < -0.3 is 5.32 Å². The first-order chi connectivity index (χ1) is 9.95. The summed E-state index contributed by atoms with van der Waals surface area (Å²) < 4.78 is 55.0. The summed E-state index contributed by atoms with van der Waals surface area (Å²) in [6, 6.07) is 1.81. The van der Waals surface area contributed by atoms with E-state index in [1.54, 1.807) is 7.05 Å². The maximum absolute atomic E-state index is 14.3. The van der Waals surface area contributed by atoms with Crippen LogP contribution >= 0.6 is 0 Å². The molecule has 1 aromatic carbocycles. The zero-order valence-corrected chi connectivity index (χ0v) is 12.8. The van der Waals surface area contributed by atoms with Gasteiger partial charge in [-0.25, -0.2) is 21.9 Å². The normalized spacial score (nSPS) is 17.1. The van der Waals surface area contributed by atoms with Crippen molar-refractivity contribution in [2.45, 2.75) is 49.6 Å². The van der Waals surface area contributed by atoms with Gasteiger partial charge in [-0.1, -0.05) is 19.3 Å². The van der Waals surface area contributed by atoms with E-state index in [1.165, 1.54) is 0 Å². The third-order valence-electron chi connectivity index (χ3n) is 3.72. The average Bonchev–Trinajstić information content (AvgIpc) is 2.43. The van der Waals surface area contributed by atoms with Gasteiger partial charge in [0.05, 0.1) is 0 Å². The van der Waals surface area contributed by atoms with Crippen molar-refractivity contribution >= 4 is 10.0 Å². The Labute approximate surface area is 124 Å². The van der Waals surface area contributed by atoms with Gasteiger partial charge in [0.1, 0.15) is 10.7 Å². The number of rotatable bonds is 5. The Morgan fingerprint density at radius 3 is 2.48 bits per heavy atom. The lowest BCUT2D eigenvalue weighted by Gasteiger charge is -2.23. The predicted octanol–water partition coefficient (Wildman–Crippen LogP) is 2.30. The topological polar surface area (TPSA) is 58.2 Å². The summed E-state index contributed by atoms with van der Waals surface area (Å²) in [7, 11) is -2.43. The van der Waals surface area contributed by atoms with Crippen molar-refractivity contribution in [2.24, 2.45) is 0 Å². The van der Waals surface area contributed by atoms with Crippen LogP contribution in [0.1, 0.15) is 37.7 Å². The summed E-state index contributed by atoms with van der Waals surface area (Å²) >= 11 is 0. The number of benzene rings is 1. The summed E-state index contributed by atoms with van der Waals surface area (Å²) in [6.45, 7) is -0.0650. The van der Waals surface area contributed by atoms with E-state index in [0.717, 1.165) is 44.2 Å². The van der Waals surface area contributed by atoms with E-state index in [2.05, 4.69) is 10.0 Å². The SMILES string of the molecule is CNCc1c(F)ccc(S(=O)(=O)NC2CCCCC2)c1F. The second kappa shape index (κ2) is 6.81. The third kappa shape index (κ3) is 3.78. The molecule has 1 aliphatic rings. The van der Waals surface area contributed by atoms with Crippen molar-refractivity contribution < 1.29 is 17.2 Å². The molecule has 1 saturated carbocycles. The molecule has 0 unspecified atom stereocenters. The zero-order chi connectivity index (χ0) is 15.5. The molecular formula is C14H20F2N2O2S. The average molecular weight is 318 g/mol. The largest absolute Gasteiger partial charge is 0.315 e. The predicted molar refractivity (Wildman–Crippen MR) is 76.3 cm³/mol. The van der Waals surface area contributed by atoms with Gasteiger partial charge in [-0.2, -0.15) is 0 Å². The minimum Gasteiger partial charge on any atom is -0.315 e. The first-order valence-electron chi connectivity index (χ1n) is 7.09. The smallest absolute Gasteiger partial charge is 0.243 e. The highest BCUT2D eigenvalue weighted by Gasteiger charge is 2.26. The van der Waals surface area contributed by atoms with Crippen LogP contribution in [0, 0.1) is 11.6 Å². The van der Waals surface area contributed by atoms with Gasteiger partial charge >= 0.3 is 0 Å². The maximum Gasteiger partial charge on any atom is 0.243 e. The second-order valence-corrected chi connectivity index (χ2v) is 7.01. The molecule has 0 spiro atoms. The standard InChI is InChI=1S/C14H20F2N2O2S/c1-17-9-11-12(15)7-8-13(14(11)16)21(19,20)18-10-5-3-2-4-6-10/h7-8,10,17-18H,2-6,9H2,1H3. The van der Waals surface area contributed by atoms with Crippen molar-refractivity contribution in [1.29, 1.82) is 0 Å². The molecule has 0 amide bonds. The van der Waals surface area contributed by atoms with Crippen molar-refractivity contribution in [3.63, 3.8) is 0 Å². The molecule has 1 fully saturated rings. The Balaban J connectivity index is 2.29. The van der Waals surface area contributed by atoms with Crippen molar-refractivity contribution in [1.82, 2.24) is 10.0 Å². The van der Waals surface area contributed by atoms with Crippen molar-refractivity contribution in [3.8, 4) is 0 Å². The fourth-order valence-electron chi connectivity index (χ4n) is 2.63. The number of nitrogens with one attached hydrogen (secondary N) is 2. The summed E-state index contributed by atoms with van der Waals surface area (Å²) in [5, 5.41) is 2.63. The lowest BCUT2D eigenvalue weighted by Crippen LogP contribution is -2.36. The molecule has 0 aliphatic heterocycles. The third-order valence-corrected chi connectivity index (χ3v) is 5.26. The molecule has 0 radical (unpaired) electrons. The van der Waals surface area contributed by atoms with Crippen LogP contribution in [0.4, 0.5) is 8.78 Å². The highest BCUT2D eigenvalue weighted by molar-refractivity contribution is 7.89. The summed E-state index contributed by atoms with van der Waals surface area (Å²) in [4.78, 5) is -0.486. The zero-order valence-electron chi connectivity index (χ0n) is 12.0. The molecule has 0 aromatic heterocycles. The molecule has 0 bridgehead atoms. The Hall–Kier alpha value is -1.05. The fourth-order valence-corrected chi connectivity index (χ4v) is 4.03. The molecular weight excluding hydrogens is 298 g/mol. The number of sulfonamides is 1. The molecule has 4 nitrogen and oxygen atoms in total. The van der Waals surface area contributed by atoms with E-state index < -0.39 is 26.6 Å². The van der Waals surface area contributed by atoms with Gasteiger partial charge in [0.2, 0.25) is 10.0 Å². The van der Waals surface area contributed by atoms with Crippen molar-refractivity contribution in [2.75, 3.05) is 7.05 Å². The molecule has 0 atom stereocenters. The van der Waals surface area contributed by atoms with Gasteiger partial charge in [-0.05, 0) is 32.0 Å². The van der Waals surface area contributed by atoms with Gasteiger partial charge in [0.25, 0.3) is 0 Å². The highest BCUT2D eigenvalue weighted by atomic mass is 32.2. The van der Waals surface area contributed by atoms with E-state index >= 15 is 0 Å². The lowest BCUT2D eigenvalue weighted by molar-refractivity contribution is 0.411.